The number of H-pyrrole nitrogens is 1. The largest absolute Gasteiger partial charge is 0.378 e. The fourth-order valence-corrected chi connectivity index (χ4v) is 4.86. The molecular weight excluding hydrogens is 446 g/mol. The number of nitrogens with one attached hydrogen (secondary N) is 3. The highest BCUT2D eigenvalue weighted by Crippen LogP contribution is 2.13. The van der Waals surface area contributed by atoms with Gasteiger partial charge in [-0.05, 0) is 44.9 Å². The maximum atomic E-state index is 12.6. The molecule has 1 aromatic carbocycles. The Hall–Kier alpha value is -2.76. The second kappa shape index (κ2) is 10.9. The molecule has 3 N–H and O–H groups in total. The van der Waals surface area contributed by atoms with Crippen LogP contribution in [0.4, 0.5) is 5.95 Å². The van der Waals surface area contributed by atoms with Crippen LogP contribution in [-0.4, -0.2) is 56.6 Å². The molecule has 1 fully saturated rings. The molecule has 0 radical (unpaired) electrons. The third kappa shape index (κ3) is 6.86. The molecule has 0 unspecified atom stereocenters. The molecular formula is C22H31N5O5S. The smallest absolute Gasteiger partial charge is 0.255 e. The van der Waals surface area contributed by atoms with Crippen LogP contribution in [0.15, 0.2) is 34.0 Å². The van der Waals surface area contributed by atoms with Crippen molar-refractivity contribution in [2.75, 3.05) is 31.2 Å². The number of carbonyl (C=O) groups is 1. The lowest BCUT2D eigenvalue weighted by Gasteiger charge is -2.27. The minimum absolute atomic E-state index is 0.120. The van der Waals surface area contributed by atoms with E-state index < -0.39 is 10.0 Å². The van der Waals surface area contributed by atoms with Crippen LogP contribution in [-0.2, 0) is 32.5 Å². The fourth-order valence-electron chi connectivity index (χ4n) is 3.54. The van der Waals surface area contributed by atoms with Gasteiger partial charge in [-0.1, -0.05) is 12.1 Å². The topological polar surface area (TPSA) is 133 Å². The maximum absolute atomic E-state index is 12.6. The average molecular weight is 478 g/mol. The van der Waals surface area contributed by atoms with Crippen molar-refractivity contribution in [2.24, 2.45) is 0 Å². The molecule has 1 aromatic heterocycles. The molecule has 3 rings (SSSR count). The van der Waals surface area contributed by atoms with E-state index in [1.165, 1.54) is 12.1 Å². The summed E-state index contributed by atoms with van der Waals surface area (Å²) in [7, 11) is -3.61. The van der Waals surface area contributed by atoms with Gasteiger partial charge in [0.25, 0.3) is 5.56 Å². The van der Waals surface area contributed by atoms with E-state index >= 15 is 0 Å². The summed E-state index contributed by atoms with van der Waals surface area (Å²) in [6.45, 7) is 7.97. The Kier molecular flexibility index (Phi) is 8.22. The molecule has 2 heterocycles. The van der Waals surface area contributed by atoms with E-state index in [2.05, 4.69) is 20.0 Å². The summed E-state index contributed by atoms with van der Waals surface area (Å²) in [6.07, 6.45) is 0.380. The Bertz CT molecular complexity index is 1140. The molecule has 1 aliphatic heterocycles. The zero-order chi connectivity index (χ0) is 24.0. The van der Waals surface area contributed by atoms with Gasteiger partial charge >= 0.3 is 0 Å². The van der Waals surface area contributed by atoms with Crippen molar-refractivity contribution in [3.05, 3.63) is 51.4 Å². The summed E-state index contributed by atoms with van der Waals surface area (Å²) in [4.78, 5) is 34.3. The molecule has 1 saturated heterocycles. The first-order valence-corrected chi connectivity index (χ1v) is 12.4. The summed E-state index contributed by atoms with van der Waals surface area (Å²) in [5.41, 5.74) is 1.51. The molecule has 0 spiro atoms. The highest BCUT2D eigenvalue weighted by molar-refractivity contribution is 7.89. The zero-order valence-electron chi connectivity index (χ0n) is 19.2. The van der Waals surface area contributed by atoms with E-state index in [9.17, 15) is 18.0 Å². The quantitative estimate of drug-likeness (QED) is 0.488. The predicted molar refractivity (Wildman–Crippen MR) is 125 cm³/mol. The Balaban J connectivity index is 1.57. The number of aromatic amines is 1. The average Bonchev–Trinajstić information content (AvgIpc) is 2.77. The second-order valence-electron chi connectivity index (χ2n) is 8.25. The number of carbonyl (C=O) groups excluding carboxylic acids is 1. The maximum Gasteiger partial charge on any atom is 0.255 e. The first-order valence-electron chi connectivity index (χ1n) is 11.0. The molecule has 33 heavy (non-hydrogen) atoms. The molecule has 11 heteroatoms. The number of anilines is 1. The molecule has 0 bridgehead atoms. The van der Waals surface area contributed by atoms with Gasteiger partial charge in [0.2, 0.25) is 21.9 Å². The lowest BCUT2D eigenvalue weighted by molar-refractivity contribution is -0.121. The first kappa shape index (κ1) is 24.9. The molecule has 180 valence electrons. The number of sulfonamides is 1. The van der Waals surface area contributed by atoms with E-state index in [4.69, 9.17) is 4.74 Å². The van der Waals surface area contributed by atoms with Gasteiger partial charge < -0.3 is 15.0 Å². The highest BCUT2D eigenvalue weighted by Gasteiger charge is 2.18. The van der Waals surface area contributed by atoms with Crippen molar-refractivity contribution in [2.45, 2.75) is 51.1 Å². The molecule has 1 amide bonds. The number of morpholine rings is 1. The third-order valence-corrected chi connectivity index (χ3v) is 6.87. The molecule has 10 nitrogen and oxygen atoms in total. The van der Waals surface area contributed by atoms with Crippen molar-refractivity contribution >= 4 is 21.9 Å². The lowest BCUT2D eigenvalue weighted by Crippen LogP contribution is -2.38. The van der Waals surface area contributed by atoms with Crippen molar-refractivity contribution in [3.63, 3.8) is 0 Å². The summed E-state index contributed by atoms with van der Waals surface area (Å²) in [5.74, 6) is 0.287. The van der Waals surface area contributed by atoms with Gasteiger partial charge in [-0.3, -0.25) is 14.6 Å². The van der Waals surface area contributed by atoms with Gasteiger partial charge in [-0.25, -0.2) is 18.1 Å². The van der Waals surface area contributed by atoms with Gasteiger partial charge in [0.1, 0.15) is 0 Å². The SMILES string of the molecule is Cc1nc(N2CCOCC2)[nH]c(=O)c1CCC(=O)NCc1cccc(S(=O)(=O)NC(C)C)c1. The molecule has 0 atom stereocenters. The van der Waals surface area contributed by atoms with E-state index in [1.807, 2.05) is 4.90 Å². The third-order valence-electron chi connectivity index (χ3n) is 5.21. The Morgan fingerprint density at radius 3 is 2.67 bits per heavy atom. The van der Waals surface area contributed by atoms with Crippen LogP contribution < -0.4 is 20.5 Å². The fraction of sp³-hybridized carbons (Fsp3) is 0.500. The van der Waals surface area contributed by atoms with Gasteiger partial charge in [0.15, 0.2) is 0 Å². The van der Waals surface area contributed by atoms with Crippen molar-refractivity contribution in [1.82, 2.24) is 20.0 Å². The minimum Gasteiger partial charge on any atom is -0.378 e. The number of benzene rings is 1. The van der Waals surface area contributed by atoms with Crippen LogP contribution >= 0.6 is 0 Å². The van der Waals surface area contributed by atoms with Crippen molar-refractivity contribution in [1.29, 1.82) is 0 Å². The summed E-state index contributed by atoms with van der Waals surface area (Å²) in [6, 6.07) is 6.22. The van der Waals surface area contributed by atoms with Crippen LogP contribution in [0.25, 0.3) is 0 Å². The highest BCUT2D eigenvalue weighted by atomic mass is 32.2. The van der Waals surface area contributed by atoms with Crippen LogP contribution in [0.5, 0.6) is 0 Å². The number of rotatable bonds is 9. The molecule has 0 aliphatic carbocycles. The van der Waals surface area contributed by atoms with Crippen molar-refractivity contribution < 1.29 is 17.9 Å². The Morgan fingerprint density at radius 1 is 1.27 bits per heavy atom. The zero-order valence-corrected chi connectivity index (χ0v) is 20.0. The minimum atomic E-state index is -3.61. The molecule has 1 aliphatic rings. The van der Waals surface area contributed by atoms with Crippen LogP contribution in [0.2, 0.25) is 0 Å². The number of nitrogens with zero attached hydrogens (tertiary/aromatic N) is 2. The first-order chi connectivity index (χ1) is 15.7. The van der Waals surface area contributed by atoms with Gasteiger partial charge in [0, 0.05) is 43.4 Å². The number of ether oxygens (including phenoxy) is 1. The van der Waals surface area contributed by atoms with Crippen LogP contribution in [0, 0.1) is 6.92 Å². The number of amides is 1. The standard InChI is InChI=1S/C22H31N5O5S/c1-15(2)26-33(30,31)18-6-4-5-17(13-18)14-23-20(28)8-7-19-16(3)24-22(25-21(19)29)27-9-11-32-12-10-27/h4-6,13,15,26H,7-12,14H2,1-3H3,(H,23,28)(H,24,25,29). The summed E-state index contributed by atoms with van der Waals surface area (Å²) in [5, 5.41) is 2.78. The van der Waals surface area contributed by atoms with E-state index in [1.54, 1.807) is 32.9 Å². The lowest BCUT2D eigenvalue weighted by atomic mass is 10.1. The summed E-state index contributed by atoms with van der Waals surface area (Å²) >= 11 is 0. The van der Waals surface area contributed by atoms with Crippen molar-refractivity contribution in [3.8, 4) is 0 Å². The Labute approximate surface area is 193 Å². The molecule has 2 aromatic rings. The van der Waals surface area contributed by atoms with Gasteiger partial charge in [-0.2, -0.15) is 0 Å². The number of aryl methyl sites for hydroxylation is 1. The number of aromatic nitrogens is 2. The van der Waals surface area contributed by atoms with Gasteiger partial charge in [0.05, 0.1) is 18.1 Å². The predicted octanol–water partition coefficient (Wildman–Crippen LogP) is 0.851. The van der Waals surface area contributed by atoms with Crippen LogP contribution in [0.1, 0.15) is 37.1 Å². The Morgan fingerprint density at radius 2 is 2.00 bits per heavy atom. The number of hydrogen-bond donors (Lipinski definition) is 3. The molecule has 0 saturated carbocycles. The van der Waals surface area contributed by atoms with Gasteiger partial charge in [-0.15, -0.1) is 0 Å². The summed E-state index contributed by atoms with van der Waals surface area (Å²) < 4.78 is 32.5. The normalized spacial score (nSPS) is 14.5. The monoisotopic (exact) mass is 477 g/mol. The van der Waals surface area contributed by atoms with E-state index in [-0.39, 0.29) is 41.8 Å². The number of hydrogen-bond acceptors (Lipinski definition) is 7. The van der Waals surface area contributed by atoms with E-state index in [0.29, 0.717) is 49.1 Å². The van der Waals surface area contributed by atoms with Crippen LogP contribution in [0.3, 0.4) is 0 Å². The second-order valence-corrected chi connectivity index (χ2v) is 9.97. The van der Waals surface area contributed by atoms with E-state index in [0.717, 1.165) is 0 Å².